The van der Waals surface area contributed by atoms with Gasteiger partial charge in [-0.05, 0) is 59.5 Å². The second-order valence-corrected chi connectivity index (χ2v) is 10.3. The highest BCUT2D eigenvalue weighted by molar-refractivity contribution is 9.10. The Morgan fingerprint density at radius 3 is 2.19 bits per heavy atom. The minimum absolute atomic E-state index is 0.111. The van der Waals surface area contributed by atoms with Gasteiger partial charge in [0.05, 0.1) is 17.7 Å². The van der Waals surface area contributed by atoms with Gasteiger partial charge < -0.3 is 5.32 Å². The number of amides is 1. The van der Waals surface area contributed by atoms with Crippen LogP contribution < -0.4 is 5.32 Å². The van der Waals surface area contributed by atoms with Gasteiger partial charge in [-0.25, -0.2) is 0 Å². The zero-order valence-corrected chi connectivity index (χ0v) is 21.9. The predicted octanol–water partition coefficient (Wildman–Crippen LogP) is 6.94. The van der Waals surface area contributed by atoms with E-state index < -0.39 is 5.41 Å². The summed E-state index contributed by atoms with van der Waals surface area (Å²) < 4.78 is 0.964. The van der Waals surface area contributed by atoms with Crippen molar-refractivity contribution in [3.8, 4) is 0 Å². The van der Waals surface area contributed by atoms with Crippen molar-refractivity contribution in [2.75, 3.05) is 18.4 Å². The molecule has 1 N–H and O–H groups in total. The molecular formula is C30H25BrClN3O. The quantitative estimate of drug-likeness (QED) is 0.267. The van der Waals surface area contributed by atoms with E-state index in [1.165, 1.54) is 11.1 Å². The van der Waals surface area contributed by atoms with E-state index in [-0.39, 0.29) is 12.5 Å². The molecule has 6 heteroatoms. The van der Waals surface area contributed by atoms with Gasteiger partial charge in [0.25, 0.3) is 0 Å². The molecule has 4 nitrogen and oxygen atoms in total. The molecule has 0 radical (unpaired) electrons. The summed E-state index contributed by atoms with van der Waals surface area (Å²) in [5.74, 6) is -0.111. The lowest BCUT2D eigenvalue weighted by Crippen LogP contribution is -2.42. The number of hydrazone groups is 1. The zero-order valence-electron chi connectivity index (χ0n) is 19.6. The van der Waals surface area contributed by atoms with Gasteiger partial charge in [0, 0.05) is 15.2 Å². The fraction of sp³-hybridized carbons (Fsp3) is 0.133. The molecule has 0 saturated heterocycles. The highest BCUT2D eigenvalue weighted by Gasteiger charge is 2.45. The number of rotatable bonds is 7. The summed E-state index contributed by atoms with van der Waals surface area (Å²) in [7, 11) is 0. The molecule has 4 aromatic rings. The smallest absolute Gasteiger partial charge is 0.245 e. The molecule has 0 fully saturated rings. The first-order chi connectivity index (χ1) is 17.5. The summed E-state index contributed by atoms with van der Waals surface area (Å²) in [6.45, 7) is 0.730. The number of benzene rings is 4. The largest absolute Gasteiger partial charge is 0.324 e. The average molecular weight is 559 g/mol. The standard InChI is InChI=1S/C30H25BrClN3O/c31-25-13-17-27(18-14-25)33-28(36)20-35-21-30(24-9-5-2-6-10-24,19-22-7-3-1-4-8-22)29(34-35)23-11-15-26(32)16-12-23/h1-18H,19-21H2,(H,33,36). The monoisotopic (exact) mass is 557 g/mol. The van der Waals surface area contributed by atoms with E-state index in [4.69, 9.17) is 16.7 Å². The van der Waals surface area contributed by atoms with Gasteiger partial charge in [0.1, 0.15) is 6.54 Å². The first-order valence-corrected chi connectivity index (χ1v) is 12.9. The number of anilines is 1. The topological polar surface area (TPSA) is 44.7 Å². The molecule has 5 rings (SSSR count). The van der Waals surface area contributed by atoms with E-state index in [1.807, 2.05) is 65.7 Å². The Hall–Kier alpha value is -3.41. The maximum absolute atomic E-state index is 13.0. The average Bonchev–Trinajstić information content (AvgIpc) is 3.25. The Morgan fingerprint density at radius 1 is 0.889 bits per heavy atom. The van der Waals surface area contributed by atoms with Crippen molar-refractivity contribution in [3.63, 3.8) is 0 Å². The Morgan fingerprint density at radius 2 is 1.53 bits per heavy atom. The summed E-state index contributed by atoms with van der Waals surface area (Å²) >= 11 is 9.64. The van der Waals surface area contributed by atoms with Crippen molar-refractivity contribution in [1.29, 1.82) is 0 Å². The fourth-order valence-corrected chi connectivity index (χ4v) is 5.15. The number of nitrogens with zero attached hydrogens (tertiary/aromatic N) is 2. The highest BCUT2D eigenvalue weighted by atomic mass is 79.9. The third-order valence-corrected chi connectivity index (χ3v) is 7.17. The van der Waals surface area contributed by atoms with Crippen molar-refractivity contribution in [1.82, 2.24) is 5.01 Å². The number of carbonyl (C=O) groups excluding carboxylic acids is 1. The molecule has 1 heterocycles. The van der Waals surface area contributed by atoms with Crippen LogP contribution >= 0.6 is 27.5 Å². The molecule has 1 amide bonds. The molecule has 4 aromatic carbocycles. The molecule has 1 atom stereocenters. The lowest BCUT2D eigenvalue weighted by molar-refractivity contribution is -0.117. The molecule has 0 aliphatic carbocycles. The Labute approximate surface area is 224 Å². The maximum atomic E-state index is 13.0. The van der Waals surface area contributed by atoms with Crippen LogP contribution in [0.3, 0.4) is 0 Å². The summed E-state index contributed by atoms with van der Waals surface area (Å²) in [4.78, 5) is 13.0. The van der Waals surface area contributed by atoms with Gasteiger partial charge in [-0.1, -0.05) is 100 Å². The third kappa shape index (κ3) is 5.38. The van der Waals surface area contributed by atoms with Crippen LogP contribution in [0.15, 0.2) is 119 Å². The lowest BCUT2D eigenvalue weighted by atomic mass is 9.70. The third-order valence-electron chi connectivity index (χ3n) is 6.39. The van der Waals surface area contributed by atoms with Crippen LogP contribution in [0.25, 0.3) is 0 Å². The summed E-state index contributed by atoms with van der Waals surface area (Å²) in [5.41, 5.74) is 4.63. The lowest BCUT2D eigenvalue weighted by Gasteiger charge is -2.32. The molecule has 180 valence electrons. The molecular weight excluding hydrogens is 534 g/mol. The van der Waals surface area contributed by atoms with Gasteiger partial charge in [0.15, 0.2) is 0 Å². The molecule has 1 aliphatic heterocycles. The Balaban J connectivity index is 1.52. The summed E-state index contributed by atoms with van der Waals surface area (Å²) in [5, 5.41) is 10.6. The van der Waals surface area contributed by atoms with Crippen molar-refractivity contribution >= 4 is 44.8 Å². The van der Waals surface area contributed by atoms with E-state index in [1.54, 1.807) is 0 Å². The number of nitrogens with one attached hydrogen (secondary N) is 1. The minimum Gasteiger partial charge on any atom is -0.324 e. The van der Waals surface area contributed by atoms with Crippen molar-refractivity contribution in [2.24, 2.45) is 5.10 Å². The Kier molecular flexibility index (Phi) is 7.21. The highest BCUT2D eigenvalue weighted by Crippen LogP contribution is 2.38. The van der Waals surface area contributed by atoms with Crippen LogP contribution in [-0.2, 0) is 16.6 Å². The first-order valence-electron chi connectivity index (χ1n) is 11.8. The van der Waals surface area contributed by atoms with E-state index in [2.05, 4.69) is 69.8 Å². The summed E-state index contributed by atoms with van der Waals surface area (Å²) in [6.07, 6.45) is 0.754. The van der Waals surface area contributed by atoms with Gasteiger partial charge in [-0.15, -0.1) is 0 Å². The van der Waals surface area contributed by atoms with E-state index in [9.17, 15) is 4.79 Å². The van der Waals surface area contributed by atoms with E-state index in [0.29, 0.717) is 11.6 Å². The van der Waals surface area contributed by atoms with Crippen LogP contribution in [0.2, 0.25) is 5.02 Å². The molecule has 0 aromatic heterocycles. The van der Waals surface area contributed by atoms with Crippen molar-refractivity contribution in [2.45, 2.75) is 11.8 Å². The van der Waals surface area contributed by atoms with E-state index in [0.717, 1.165) is 27.9 Å². The van der Waals surface area contributed by atoms with Gasteiger partial charge in [-0.3, -0.25) is 9.80 Å². The maximum Gasteiger partial charge on any atom is 0.245 e. The van der Waals surface area contributed by atoms with Crippen LogP contribution in [0.5, 0.6) is 0 Å². The van der Waals surface area contributed by atoms with Crippen LogP contribution in [0.1, 0.15) is 16.7 Å². The van der Waals surface area contributed by atoms with E-state index >= 15 is 0 Å². The first kappa shape index (κ1) is 24.3. The molecule has 36 heavy (non-hydrogen) atoms. The van der Waals surface area contributed by atoms with Gasteiger partial charge in [0.2, 0.25) is 5.91 Å². The predicted molar refractivity (Wildman–Crippen MR) is 151 cm³/mol. The Bertz CT molecular complexity index is 1360. The van der Waals surface area contributed by atoms with Crippen molar-refractivity contribution < 1.29 is 4.79 Å². The van der Waals surface area contributed by atoms with Crippen LogP contribution in [0, 0.1) is 0 Å². The number of halogens is 2. The second-order valence-electron chi connectivity index (χ2n) is 8.94. The molecule has 1 aliphatic rings. The number of hydrogen-bond donors (Lipinski definition) is 1. The molecule has 1 unspecified atom stereocenters. The minimum atomic E-state index is -0.436. The second kappa shape index (κ2) is 10.7. The zero-order chi connectivity index (χ0) is 25.0. The van der Waals surface area contributed by atoms with Gasteiger partial charge >= 0.3 is 0 Å². The molecule has 0 spiro atoms. The summed E-state index contributed by atoms with van der Waals surface area (Å²) in [6, 6.07) is 36.2. The molecule has 0 bridgehead atoms. The van der Waals surface area contributed by atoms with Crippen molar-refractivity contribution in [3.05, 3.63) is 135 Å². The fourth-order valence-electron chi connectivity index (χ4n) is 4.76. The molecule has 0 saturated carbocycles. The SMILES string of the molecule is O=C(CN1CC(Cc2ccccc2)(c2ccccc2)C(c2ccc(Cl)cc2)=N1)Nc1ccc(Br)cc1. The van der Waals surface area contributed by atoms with Crippen LogP contribution in [-0.4, -0.2) is 29.7 Å². The number of carbonyl (C=O) groups is 1. The van der Waals surface area contributed by atoms with Crippen LogP contribution in [0.4, 0.5) is 5.69 Å². The number of hydrogen-bond acceptors (Lipinski definition) is 3. The van der Waals surface area contributed by atoms with Gasteiger partial charge in [-0.2, -0.15) is 5.10 Å². The normalized spacial score (nSPS) is 17.1.